The molecule has 0 aromatic heterocycles. The number of amides is 2. The Morgan fingerprint density at radius 1 is 1.20 bits per heavy atom. The van der Waals surface area contributed by atoms with Gasteiger partial charge >= 0.3 is 6.03 Å². The molecule has 1 atom stereocenters. The Hall–Kier alpha value is -0.700. The van der Waals surface area contributed by atoms with Gasteiger partial charge in [-0.05, 0) is 24.4 Å². The van der Waals surface area contributed by atoms with Crippen molar-refractivity contribution in [1.29, 1.82) is 0 Å². The van der Waals surface area contributed by atoms with Crippen LogP contribution in [0.4, 0.5) is 10.5 Å². The van der Waals surface area contributed by atoms with E-state index in [1.54, 1.807) is 29.2 Å². The monoisotopic (exact) mass is 444 g/mol. The molecule has 1 aromatic rings. The van der Waals surface area contributed by atoms with E-state index in [1.165, 1.54) is 0 Å². The number of rotatable bonds is 3. The van der Waals surface area contributed by atoms with E-state index < -0.39 is 9.96 Å². The van der Waals surface area contributed by atoms with Crippen LogP contribution in [0.2, 0.25) is 5.02 Å². The number of morpholine rings is 1. The summed E-state index contributed by atoms with van der Waals surface area (Å²) in [6.07, 6.45) is -1.05. The van der Waals surface area contributed by atoms with Crippen LogP contribution in [0.1, 0.15) is 0 Å². The van der Waals surface area contributed by atoms with Gasteiger partial charge in [0.05, 0.1) is 23.9 Å². The molecule has 6 nitrogen and oxygen atoms in total. The van der Waals surface area contributed by atoms with Gasteiger partial charge in [-0.2, -0.15) is 0 Å². The van der Waals surface area contributed by atoms with Crippen LogP contribution in [0, 0.1) is 0 Å². The predicted molar refractivity (Wildman–Crippen MR) is 106 cm³/mol. The molecule has 1 aliphatic heterocycles. The standard InChI is InChI=1S/C14H16Cl4N4O2S/c15-9-3-1-2-4-10(9)19-12(25)20-11(14(16,17)18)21-13(23)22-5-7-24-8-6-22/h1-4,11H,5-8H2,(H,21,23)(H2,19,20,25). The van der Waals surface area contributed by atoms with Crippen molar-refractivity contribution in [2.45, 2.75) is 9.96 Å². The van der Waals surface area contributed by atoms with E-state index in [2.05, 4.69) is 16.0 Å². The minimum atomic E-state index is -1.83. The number of para-hydroxylation sites is 1. The van der Waals surface area contributed by atoms with E-state index >= 15 is 0 Å². The lowest BCUT2D eigenvalue weighted by Crippen LogP contribution is -2.59. The predicted octanol–water partition coefficient (Wildman–Crippen LogP) is 3.36. The number of carbonyl (C=O) groups excluding carboxylic acids is 1. The van der Waals surface area contributed by atoms with Gasteiger partial charge in [0.25, 0.3) is 0 Å². The fraction of sp³-hybridized carbons (Fsp3) is 0.429. The Balaban J connectivity index is 1.98. The molecule has 0 saturated carbocycles. The van der Waals surface area contributed by atoms with E-state index in [1.807, 2.05) is 0 Å². The Bertz CT molecular complexity index is 623. The van der Waals surface area contributed by atoms with Gasteiger partial charge < -0.3 is 25.6 Å². The summed E-state index contributed by atoms with van der Waals surface area (Å²) in [5.41, 5.74) is 0.587. The highest BCUT2D eigenvalue weighted by atomic mass is 35.6. The van der Waals surface area contributed by atoms with Gasteiger partial charge in [0, 0.05) is 13.1 Å². The molecule has 11 heteroatoms. The third-order valence-electron chi connectivity index (χ3n) is 3.29. The molecule has 0 aliphatic carbocycles. The summed E-state index contributed by atoms with van der Waals surface area (Å²) in [7, 11) is 0. The second kappa shape index (κ2) is 9.30. The number of nitrogens with one attached hydrogen (secondary N) is 3. The molecule has 1 unspecified atom stereocenters. The van der Waals surface area contributed by atoms with Crippen molar-refractivity contribution in [2.75, 3.05) is 31.6 Å². The molecule has 1 saturated heterocycles. The van der Waals surface area contributed by atoms with Crippen LogP contribution in [0.3, 0.4) is 0 Å². The van der Waals surface area contributed by atoms with Gasteiger partial charge in [-0.1, -0.05) is 58.5 Å². The lowest BCUT2D eigenvalue weighted by atomic mass is 10.3. The molecular formula is C14H16Cl4N4O2S. The van der Waals surface area contributed by atoms with Crippen LogP contribution >= 0.6 is 58.6 Å². The summed E-state index contributed by atoms with van der Waals surface area (Å²) in [4.78, 5) is 13.9. The fourth-order valence-corrected chi connectivity index (χ4v) is 2.77. The van der Waals surface area contributed by atoms with Crippen molar-refractivity contribution < 1.29 is 9.53 Å². The topological polar surface area (TPSA) is 65.6 Å². The average molecular weight is 446 g/mol. The summed E-state index contributed by atoms with van der Waals surface area (Å²) in [6.45, 7) is 1.85. The van der Waals surface area contributed by atoms with Crippen LogP contribution in [0.5, 0.6) is 0 Å². The second-order valence-electron chi connectivity index (χ2n) is 5.10. The van der Waals surface area contributed by atoms with Crippen molar-refractivity contribution in [3.8, 4) is 0 Å². The van der Waals surface area contributed by atoms with Crippen molar-refractivity contribution in [3.05, 3.63) is 29.3 Å². The first kappa shape index (κ1) is 20.6. The minimum Gasteiger partial charge on any atom is -0.378 e. The third kappa shape index (κ3) is 6.51. The number of benzene rings is 1. The van der Waals surface area contributed by atoms with Gasteiger partial charge in [-0.3, -0.25) is 0 Å². The molecule has 25 heavy (non-hydrogen) atoms. The first-order valence-corrected chi connectivity index (χ1v) is 9.21. The van der Waals surface area contributed by atoms with Crippen LogP contribution in [0.25, 0.3) is 0 Å². The number of alkyl halides is 3. The number of hydrogen-bond donors (Lipinski definition) is 3. The normalized spacial score (nSPS) is 16.1. The highest BCUT2D eigenvalue weighted by Gasteiger charge is 2.35. The van der Waals surface area contributed by atoms with Gasteiger partial charge in [-0.15, -0.1) is 0 Å². The highest BCUT2D eigenvalue weighted by molar-refractivity contribution is 7.80. The lowest BCUT2D eigenvalue weighted by molar-refractivity contribution is 0.0524. The molecule has 138 valence electrons. The smallest absolute Gasteiger partial charge is 0.319 e. The number of anilines is 1. The summed E-state index contributed by atoms with van der Waals surface area (Å²) >= 11 is 29.1. The summed E-state index contributed by atoms with van der Waals surface area (Å²) in [5, 5.41) is 8.92. The van der Waals surface area contributed by atoms with Crippen molar-refractivity contribution in [3.63, 3.8) is 0 Å². The first-order chi connectivity index (χ1) is 11.8. The zero-order valence-electron chi connectivity index (χ0n) is 12.9. The minimum absolute atomic E-state index is 0.145. The Morgan fingerprint density at radius 2 is 1.84 bits per heavy atom. The largest absolute Gasteiger partial charge is 0.378 e. The Morgan fingerprint density at radius 3 is 2.44 bits per heavy atom. The van der Waals surface area contributed by atoms with Crippen molar-refractivity contribution >= 4 is 75.5 Å². The van der Waals surface area contributed by atoms with Crippen molar-refractivity contribution in [1.82, 2.24) is 15.5 Å². The van der Waals surface area contributed by atoms with E-state index in [0.29, 0.717) is 37.0 Å². The number of carbonyl (C=O) groups is 1. The van der Waals surface area contributed by atoms with Gasteiger partial charge in [0.1, 0.15) is 0 Å². The van der Waals surface area contributed by atoms with Gasteiger partial charge in [-0.25, -0.2) is 4.79 Å². The number of halogens is 4. The quantitative estimate of drug-likeness (QED) is 0.378. The molecule has 3 N–H and O–H groups in total. The summed E-state index contributed by atoms with van der Waals surface area (Å²) < 4.78 is 3.38. The molecule has 2 rings (SSSR count). The van der Waals surface area contributed by atoms with Crippen LogP contribution in [-0.2, 0) is 4.74 Å². The number of ether oxygens (including phenoxy) is 1. The zero-order chi connectivity index (χ0) is 18.4. The number of thiocarbonyl (C=S) groups is 1. The maximum atomic E-state index is 12.3. The SMILES string of the molecule is O=C(NC(NC(=S)Nc1ccccc1Cl)C(Cl)(Cl)Cl)N1CCOCC1. The van der Waals surface area contributed by atoms with E-state index in [4.69, 9.17) is 63.4 Å². The molecule has 0 radical (unpaired) electrons. The highest BCUT2D eigenvalue weighted by Crippen LogP contribution is 2.29. The van der Waals surface area contributed by atoms with E-state index in [-0.39, 0.29) is 11.1 Å². The van der Waals surface area contributed by atoms with Crippen LogP contribution < -0.4 is 16.0 Å². The third-order valence-corrected chi connectivity index (χ3v) is 4.50. The second-order valence-corrected chi connectivity index (χ2v) is 8.29. The first-order valence-electron chi connectivity index (χ1n) is 7.29. The molecule has 1 fully saturated rings. The fourth-order valence-electron chi connectivity index (χ4n) is 2.03. The average Bonchev–Trinajstić information content (AvgIpc) is 2.56. The molecular weight excluding hydrogens is 430 g/mol. The molecule has 0 spiro atoms. The van der Waals surface area contributed by atoms with Gasteiger partial charge in [0.15, 0.2) is 11.3 Å². The number of urea groups is 1. The van der Waals surface area contributed by atoms with Crippen molar-refractivity contribution in [2.24, 2.45) is 0 Å². The van der Waals surface area contributed by atoms with E-state index in [0.717, 1.165) is 0 Å². The van der Waals surface area contributed by atoms with Crippen LogP contribution in [-0.4, -0.2) is 52.3 Å². The maximum Gasteiger partial charge on any atom is 0.319 e. The molecule has 0 bridgehead atoms. The molecule has 1 heterocycles. The summed E-state index contributed by atoms with van der Waals surface area (Å²) in [6, 6.07) is 6.65. The van der Waals surface area contributed by atoms with E-state index in [9.17, 15) is 4.79 Å². The lowest BCUT2D eigenvalue weighted by Gasteiger charge is -2.32. The zero-order valence-corrected chi connectivity index (χ0v) is 16.7. The Labute approximate surface area is 171 Å². The number of nitrogens with zero attached hydrogens (tertiary/aromatic N) is 1. The molecule has 2 amide bonds. The van der Waals surface area contributed by atoms with Crippen LogP contribution in [0.15, 0.2) is 24.3 Å². The molecule has 1 aliphatic rings. The number of hydrogen-bond acceptors (Lipinski definition) is 3. The molecule has 1 aromatic carbocycles. The Kier molecular flexibility index (Phi) is 7.67. The summed E-state index contributed by atoms with van der Waals surface area (Å²) in [5.74, 6) is 0. The maximum absolute atomic E-state index is 12.3. The van der Waals surface area contributed by atoms with Gasteiger partial charge in [0.2, 0.25) is 3.79 Å².